The number of rotatable bonds is 3. The summed E-state index contributed by atoms with van der Waals surface area (Å²) in [6.45, 7) is 0.984. The molecule has 0 aliphatic heterocycles. The SMILES string of the molecule is CC(CF)NC(=O)c1ncc(Cl)s1. The predicted molar refractivity (Wildman–Crippen MR) is 50.0 cm³/mol. The summed E-state index contributed by atoms with van der Waals surface area (Å²) in [6.07, 6.45) is 1.39. The van der Waals surface area contributed by atoms with Crippen molar-refractivity contribution in [2.75, 3.05) is 6.67 Å². The summed E-state index contributed by atoms with van der Waals surface area (Å²) in [4.78, 5) is 15.0. The van der Waals surface area contributed by atoms with E-state index in [2.05, 4.69) is 10.3 Å². The van der Waals surface area contributed by atoms with Crippen molar-refractivity contribution in [3.8, 4) is 0 Å². The van der Waals surface area contributed by atoms with Crippen molar-refractivity contribution in [2.45, 2.75) is 13.0 Å². The highest BCUT2D eigenvalue weighted by molar-refractivity contribution is 7.17. The molecule has 1 aromatic rings. The van der Waals surface area contributed by atoms with Crippen molar-refractivity contribution < 1.29 is 9.18 Å². The van der Waals surface area contributed by atoms with Crippen LogP contribution in [0.25, 0.3) is 0 Å². The monoisotopic (exact) mass is 222 g/mol. The van der Waals surface area contributed by atoms with Crippen LogP contribution in [-0.4, -0.2) is 23.6 Å². The minimum absolute atomic E-state index is 0.255. The lowest BCUT2D eigenvalue weighted by atomic mass is 10.4. The zero-order valence-electron chi connectivity index (χ0n) is 6.88. The Bertz CT molecular complexity index is 304. The molecule has 1 aromatic heterocycles. The van der Waals surface area contributed by atoms with Crippen LogP contribution in [0.15, 0.2) is 6.20 Å². The predicted octanol–water partition coefficient (Wildman–Crippen LogP) is 1.88. The van der Waals surface area contributed by atoms with E-state index < -0.39 is 12.7 Å². The highest BCUT2D eigenvalue weighted by Crippen LogP contribution is 2.17. The van der Waals surface area contributed by atoms with Gasteiger partial charge in [0.1, 0.15) is 11.0 Å². The van der Waals surface area contributed by atoms with Gasteiger partial charge in [-0.15, -0.1) is 0 Å². The molecule has 1 rings (SSSR count). The van der Waals surface area contributed by atoms with Gasteiger partial charge in [-0.1, -0.05) is 22.9 Å². The molecule has 3 nitrogen and oxygen atoms in total. The maximum atomic E-state index is 12.0. The molecule has 1 atom stereocenters. The first-order valence-corrected chi connectivity index (χ1v) is 4.81. The molecule has 0 aliphatic rings. The van der Waals surface area contributed by atoms with Gasteiger partial charge in [-0.05, 0) is 6.92 Å². The number of hydrogen-bond donors (Lipinski definition) is 1. The van der Waals surface area contributed by atoms with Crippen LogP contribution in [0, 0.1) is 0 Å². The lowest BCUT2D eigenvalue weighted by Gasteiger charge is -2.06. The first-order chi connectivity index (χ1) is 6.13. The number of carbonyl (C=O) groups excluding carboxylic acids is 1. The van der Waals surface area contributed by atoms with Crippen LogP contribution < -0.4 is 5.32 Å². The molecule has 0 aromatic carbocycles. The summed E-state index contributed by atoms with van der Waals surface area (Å²) < 4.78 is 12.5. The molecule has 0 bridgehead atoms. The number of hydrogen-bond acceptors (Lipinski definition) is 3. The summed E-state index contributed by atoms with van der Waals surface area (Å²) in [5.41, 5.74) is 0. The number of alkyl halides is 1. The summed E-state index contributed by atoms with van der Waals surface area (Å²) in [6, 6.07) is -0.491. The van der Waals surface area contributed by atoms with Gasteiger partial charge in [0.15, 0.2) is 5.01 Å². The molecule has 1 heterocycles. The molecular weight excluding hydrogens is 215 g/mol. The number of nitrogens with one attached hydrogen (secondary N) is 1. The van der Waals surface area contributed by atoms with Gasteiger partial charge in [0.05, 0.1) is 12.2 Å². The van der Waals surface area contributed by atoms with Crippen molar-refractivity contribution >= 4 is 28.8 Å². The Labute approximate surface area is 83.9 Å². The quantitative estimate of drug-likeness (QED) is 0.849. The molecule has 72 valence electrons. The Morgan fingerprint density at radius 2 is 2.62 bits per heavy atom. The van der Waals surface area contributed by atoms with E-state index in [-0.39, 0.29) is 10.9 Å². The van der Waals surface area contributed by atoms with Crippen molar-refractivity contribution in [3.05, 3.63) is 15.5 Å². The molecule has 1 N–H and O–H groups in total. The fraction of sp³-hybridized carbons (Fsp3) is 0.429. The highest BCUT2D eigenvalue weighted by atomic mass is 35.5. The van der Waals surface area contributed by atoms with Gasteiger partial charge in [-0.2, -0.15) is 0 Å². The second kappa shape index (κ2) is 4.53. The van der Waals surface area contributed by atoms with Gasteiger partial charge in [-0.3, -0.25) is 4.79 Å². The zero-order valence-corrected chi connectivity index (χ0v) is 8.45. The third-order valence-corrected chi connectivity index (χ3v) is 2.39. The first kappa shape index (κ1) is 10.4. The molecule has 0 saturated carbocycles. The maximum absolute atomic E-state index is 12.0. The van der Waals surface area contributed by atoms with Crippen LogP contribution >= 0.6 is 22.9 Å². The molecule has 6 heteroatoms. The first-order valence-electron chi connectivity index (χ1n) is 3.61. The second-order valence-corrected chi connectivity index (χ2v) is 4.16. The van der Waals surface area contributed by atoms with Gasteiger partial charge < -0.3 is 5.32 Å². The lowest BCUT2D eigenvalue weighted by molar-refractivity contribution is 0.0934. The van der Waals surface area contributed by atoms with E-state index in [4.69, 9.17) is 11.6 Å². The molecule has 0 aliphatic carbocycles. The summed E-state index contributed by atoms with van der Waals surface area (Å²) in [5.74, 6) is -0.387. The summed E-state index contributed by atoms with van der Waals surface area (Å²) in [5, 5.41) is 2.69. The van der Waals surface area contributed by atoms with Crippen LogP contribution in [0.3, 0.4) is 0 Å². The van der Waals surface area contributed by atoms with E-state index in [0.29, 0.717) is 4.34 Å². The molecule has 0 saturated heterocycles. The van der Waals surface area contributed by atoms with Crippen molar-refractivity contribution in [2.24, 2.45) is 0 Å². The number of thiazole rings is 1. The number of aromatic nitrogens is 1. The Balaban J connectivity index is 2.58. The van der Waals surface area contributed by atoms with Crippen LogP contribution in [0.2, 0.25) is 4.34 Å². The lowest BCUT2D eigenvalue weighted by Crippen LogP contribution is -2.33. The van der Waals surface area contributed by atoms with E-state index in [1.165, 1.54) is 6.20 Å². The van der Waals surface area contributed by atoms with Crippen molar-refractivity contribution in [3.63, 3.8) is 0 Å². The second-order valence-electron chi connectivity index (χ2n) is 2.50. The van der Waals surface area contributed by atoms with E-state index in [9.17, 15) is 9.18 Å². The largest absolute Gasteiger partial charge is 0.345 e. The smallest absolute Gasteiger partial charge is 0.280 e. The Morgan fingerprint density at radius 1 is 1.92 bits per heavy atom. The minimum Gasteiger partial charge on any atom is -0.345 e. The van der Waals surface area contributed by atoms with Crippen molar-refractivity contribution in [1.29, 1.82) is 0 Å². The Kier molecular flexibility index (Phi) is 3.62. The van der Waals surface area contributed by atoms with Crippen LogP contribution in [-0.2, 0) is 0 Å². The third-order valence-electron chi connectivity index (χ3n) is 1.28. The van der Waals surface area contributed by atoms with Crippen molar-refractivity contribution in [1.82, 2.24) is 10.3 Å². The van der Waals surface area contributed by atoms with Crippen LogP contribution in [0.5, 0.6) is 0 Å². The average molecular weight is 223 g/mol. The van der Waals surface area contributed by atoms with Crippen LogP contribution in [0.4, 0.5) is 4.39 Å². The maximum Gasteiger partial charge on any atom is 0.280 e. The van der Waals surface area contributed by atoms with E-state index in [0.717, 1.165) is 11.3 Å². The molecule has 0 spiro atoms. The Hall–Kier alpha value is -0.680. The molecule has 0 radical (unpaired) electrons. The summed E-state index contributed by atoms with van der Waals surface area (Å²) in [7, 11) is 0. The average Bonchev–Trinajstić information content (AvgIpc) is 2.51. The topological polar surface area (TPSA) is 42.0 Å². The van der Waals surface area contributed by atoms with Gasteiger partial charge in [0.25, 0.3) is 5.91 Å². The number of amides is 1. The zero-order chi connectivity index (χ0) is 9.84. The highest BCUT2D eigenvalue weighted by Gasteiger charge is 2.12. The van der Waals surface area contributed by atoms with E-state index in [1.54, 1.807) is 6.92 Å². The van der Waals surface area contributed by atoms with Gasteiger partial charge in [-0.25, -0.2) is 9.37 Å². The number of nitrogens with zero attached hydrogens (tertiary/aromatic N) is 1. The molecular formula is C7H8ClFN2OS. The molecule has 13 heavy (non-hydrogen) atoms. The molecule has 1 unspecified atom stereocenters. The van der Waals surface area contributed by atoms with Crippen LogP contribution in [0.1, 0.15) is 16.7 Å². The van der Waals surface area contributed by atoms with E-state index in [1.807, 2.05) is 0 Å². The van der Waals surface area contributed by atoms with Gasteiger partial charge in [0, 0.05) is 0 Å². The van der Waals surface area contributed by atoms with Gasteiger partial charge in [0.2, 0.25) is 0 Å². The Morgan fingerprint density at radius 3 is 3.08 bits per heavy atom. The van der Waals surface area contributed by atoms with Gasteiger partial charge >= 0.3 is 0 Å². The molecule has 1 amide bonds. The number of halogens is 2. The standard InChI is InChI=1S/C7H8ClFN2OS/c1-4(2-9)11-6(12)7-10-3-5(8)13-7/h3-4H,2H2,1H3,(H,11,12). The fourth-order valence-corrected chi connectivity index (χ4v) is 1.50. The summed E-state index contributed by atoms with van der Waals surface area (Å²) >= 11 is 6.64. The minimum atomic E-state index is -0.592. The third kappa shape index (κ3) is 2.93. The number of carbonyl (C=O) groups is 1. The fourth-order valence-electron chi connectivity index (χ4n) is 0.684. The normalized spacial score (nSPS) is 12.5. The molecule has 0 fully saturated rings. The van der Waals surface area contributed by atoms with E-state index >= 15 is 0 Å².